The van der Waals surface area contributed by atoms with Gasteiger partial charge in [0, 0.05) is 31.3 Å². The molecule has 0 heterocycles. The lowest BCUT2D eigenvalue weighted by atomic mass is 10.2. The Morgan fingerprint density at radius 1 is 1.50 bits per heavy atom. The van der Waals surface area contributed by atoms with E-state index in [1.165, 1.54) is 25.0 Å². The molecule has 0 radical (unpaired) electrons. The molecule has 0 aliphatic heterocycles. The number of nitrogens with one attached hydrogen (secondary N) is 1. The smallest absolute Gasteiger partial charge is 0.221 e. The maximum Gasteiger partial charge on any atom is 0.221 e. The van der Waals surface area contributed by atoms with Crippen LogP contribution in [-0.2, 0) is 4.79 Å². The van der Waals surface area contributed by atoms with Crippen LogP contribution in [0.4, 0.5) is 0 Å². The van der Waals surface area contributed by atoms with Crippen LogP contribution in [0.25, 0.3) is 0 Å². The number of rotatable bonds is 6. The summed E-state index contributed by atoms with van der Waals surface area (Å²) in [5.74, 6) is 1.36. The summed E-state index contributed by atoms with van der Waals surface area (Å²) in [7, 11) is 3.85. The third-order valence-electron chi connectivity index (χ3n) is 3.35. The quantitative estimate of drug-likeness (QED) is 0.772. The summed E-state index contributed by atoms with van der Waals surface area (Å²) in [6.45, 7) is 3.11. The standard InChI is InChI=1S/C12H24N2OS/c1-4-16-11-6-5-10(9-11)14(3)8-7-12(15)13-2/h10-11H,4-9H2,1-3H3,(H,13,15). The van der Waals surface area contributed by atoms with Crippen molar-refractivity contribution in [3.05, 3.63) is 0 Å². The van der Waals surface area contributed by atoms with Crippen molar-refractivity contribution in [2.45, 2.75) is 43.9 Å². The van der Waals surface area contributed by atoms with Crippen molar-refractivity contribution in [1.29, 1.82) is 0 Å². The molecular formula is C12H24N2OS. The van der Waals surface area contributed by atoms with E-state index in [9.17, 15) is 4.79 Å². The molecule has 0 aromatic carbocycles. The number of nitrogens with zero attached hydrogens (tertiary/aromatic N) is 1. The molecule has 0 saturated heterocycles. The zero-order chi connectivity index (χ0) is 12.0. The lowest BCUT2D eigenvalue weighted by Crippen LogP contribution is -2.33. The summed E-state index contributed by atoms with van der Waals surface area (Å²) >= 11 is 2.08. The van der Waals surface area contributed by atoms with Gasteiger partial charge < -0.3 is 10.2 Å². The number of carbonyl (C=O) groups is 1. The SMILES string of the molecule is CCSC1CCC(N(C)CCC(=O)NC)C1. The number of amides is 1. The predicted octanol–water partition coefficient (Wildman–Crippen LogP) is 1.73. The minimum absolute atomic E-state index is 0.143. The van der Waals surface area contributed by atoms with Crippen LogP contribution >= 0.6 is 11.8 Å². The monoisotopic (exact) mass is 244 g/mol. The minimum Gasteiger partial charge on any atom is -0.359 e. The van der Waals surface area contributed by atoms with Gasteiger partial charge >= 0.3 is 0 Å². The first-order valence-corrected chi connectivity index (χ1v) is 7.24. The zero-order valence-corrected chi connectivity index (χ0v) is 11.5. The molecule has 94 valence electrons. The average molecular weight is 244 g/mol. The highest BCUT2D eigenvalue weighted by Crippen LogP contribution is 2.32. The maximum atomic E-state index is 11.2. The van der Waals surface area contributed by atoms with Gasteiger partial charge in [-0.1, -0.05) is 6.92 Å². The molecule has 1 aliphatic rings. The van der Waals surface area contributed by atoms with Crippen LogP contribution in [0.1, 0.15) is 32.6 Å². The summed E-state index contributed by atoms with van der Waals surface area (Å²) in [6, 6.07) is 0.689. The van der Waals surface area contributed by atoms with E-state index in [4.69, 9.17) is 0 Å². The molecule has 2 atom stereocenters. The Balaban J connectivity index is 2.22. The van der Waals surface area contributed by atoms with Crippen LogP contribution in [0.5, 0.6) is 0 Å². The van der Waals surface area contributed by atoms with Gasteiger partial charge in [0.2, 0.25) is 5.91 Å². The molecule has 3 nitrogen and oxygen atoms in total. The van der Waals surface area contributed by atoms with E-state index in [1.54, 1.807) is 7.05 Å². The van der Waals surface area contributed by atoms with Gasteiger partial charge in [-0.25, -0.2) is 0 Å². The van der Waals surface area contributed by atoms with Crippen LogP contribution in [0.2, 0.25) is 0 Å². The van der Waals surface area contributed by atoms with Crippen molar-refractivity contribution in [1.82, 2.24) is 10.2 Å². The summed E-state index contributed by atoms with van der Waals surface area (Å²) in [5.41, 5.74) is 0. The second-order valence-corrected chi connectivity index (χ2v) is 6.03. The average Bonchev–Trinajstić information content (AvgIpc) is 2.74. The highest BCUT2D eigenvalue weighted by atomic mass is 32.2. The summed E-state index contributed by atoms with van der Waals surface area (Å²) < 4.78 is 0. The molecule has 2 unspecified atom stereocenters. The molecule has 16 heavy (non-hydrogen) atoms. The van der Waals surface area contributed by atoms with Crippen molar-refractivity contribution >= 4 is 17.7 Å². The van der Waals surface area contributed by atoms with Gasteiger partial charge in [-0.2, -0.15) is 11.8 Å². The van der Waals surface area contributed by atoms with Gasteiger partial charge in [0.15, 0.2) is 0 Å². The first-order valence-electron chi connectivity index (χ1n) is 6.19. The Hall–Kier alpha value is -0.220. The summed E-state index contributed by atoms with van der Waals surface area (Å²) in [5, 5.41) is 3.52. The van der Waals surface area contributed by atoms with E-state index in [1.807, 2.05) is 0 Å². The maximum absolute atomic E-state index is 11.2. The first kappa shape index (κ1) is 13.8. The van der Waals surface area contributed by atoms with E-state index < -0.39 is 0 Å². The van der Waals surface area contributed by atoms with Crippen molar-refractivity contribution < 1.29 is 4.79 Å². The molecular weight excluding hydrogens is 220 g/mol. The molecule has 1 N–H and O–H groups in total. The molecule has 1 rings (SSSR count). The van der Waals surface area contributed by atoms with E-state index in [0.717, 1.165) is 11.8 Å². The molecule has 0 bridgehead atoms. The molecule has 1 fully saturated rings. The van der Waals surface area contributed by atoms with Crippen LogP contribution in [-0.4, -0.2) is 48.5 Å². The third-order valence-corrected chi connectivity index (χ3v) is 4.59. The highest BCUT2D eigenvalue weighted by molar-refractivity contribution is 7.99. The normalized spacial score (nSPS) is 25.0. The molecule has 0 aromatic heterocycles. The van der Waals surface area contributed by atoms with Gasteiger partial charge in [0.1, 0.15) is 0 Å². The van der Waals surface area contributed by atoms with Crippen molar-refractivity contribution in [2.24, 2.45) is 0 Å². The molecule has 1 amide bonds. The van der Waals surface area contributed by atoms with Crippen LogP contribution < -0.4 is 5.32 Å². The van der Waals surface area contributed by atoms with Gasteiger partial charge in [-0.15, -0.1) is 0 Å². The lowest BCUT2D eigenvalue weighted by Gasteiger charge is -2.23. The Morgan fingerprint density at radius 2 is 2.25 bits per heavy atom. The largest absolute Gasteiger partial charge is 0.359 e. The van der Waals surface area contributed by atoms with Gasteiger partial charge in [0.25, 0.3) is 0 Å². The number of hydrogen-bond acceptors (Lipinski definition) is 3. The predicted molar refractivity (Wildman–Crippen MR) is 70.9 cm³/mol. The van der Waals surface area contributed by atoms with Crippen molar-refractivity contribution in [3.63, 3.8) is 0 Å². The minimum atomic E-state index is 0.143. The fraction of sp³-hybridized carbons (Fsp3) is 0.917. The van der Waals surface area contributed by atoms with Gasteiger partial charge in [0.05, 0.1) is 0 Å². The van der Waals surface area contributed by atoms with Crippen molar-refractivity contribution in [3.8, 4) is 0 Å². The Morgan fingerprint density at radius 3 is 2.88 bits per heavy atom. The van der Waals surface area contributed by atoms with E-state index in [0.29, 0.717) is 12.5 Å². The fourth-order valence-electron chi connectivity index (χ4n) is 2.29. The Labute approximate surface area is 103 Å². The molecule has 0 aromatic rings. The van der Waals surface area contributed by atoms with E-state index in [-0.39, 0.29) is 5.91 Å². The van der Waals surface area contributed by atoms with Crippen LogP contribution in [0, 0.1) is 0 Å². The summed E-state index contributed by atoms with van der Waals surface area (Å²) in [4.78, 5) is 13.5. The van der Waals surface area contributed by atoms with Gasteiger partial charge in [-0.3, -0.25) is 4.79 Å². The molecule has 1 aliphatic carbocycles. The van der Waals surface area contributed by atoms with Crippen molar-refractivity contribution in [2.75, 3.05) is 26.4 Å². The summed E-state index contributed by atoms with van der Waals surface area (Å²) in [6.07, 6.45) is 4.55. The number of carbonyl (C=O) groups excluding carboxylic acids is 1. The molecule has 4 heteroatoms. The second-order valence-electron chi connectivity index (χ2n) is 4.45. The topological polar surface area (TPSA) is 32.3 Å². The van der Waals surface area contributed by atoms with E-state index >= 15 is 0 Å². The molecule has 1 saturated carbocycles. The second kappa shape index (κ2) is 7.17. The van der Waals surface area contributed by atoms with Crippen LogP contribution in [0.15, 0.2) is 0 Å². The first-order chi connectivity index (χ1) is 7.67. The number of hydrogen-bond donors (Lipinski definition) is 1. The molecule has 0 spiro atoms. The third kappa shape index (κ3) is 4.34. The van der Waals surface area contributed by atoms with Crippen LogP contribution in [0.3, 0.4) is 0 Å². The fourth-order valence-corrected chi connectivity index (χ4v) is 3.42. The van der Waals surface area contributed by atoms with Gasteiger partial charge in [-0.05, 0) is 32.1 Å². The Kier molecular flexibility index (Phi) is 6.21. The van der Waals surface area contributed by atoms with E-state index in [2.05, 4.69) is 35.9 Å². The zero-order valence-electron chi connectivity index (χ0n) is 10.7. The lowest BCUT2D eigenvalue weighted by molar-refractivity contribution is -0.120. The Bertz CT molecular complexity index is 223. The highest BCUT2D eigenvalue weighted by Gasteiger charge is 2.27. The number of thioether (sulfide) groups is 1.